The minimum absolute atomic E-state index is 0.283. The highest BCUT2D eigenvalue weighted by molar-refractivity contribution is 4.92. The molecule has 0 N–H and O–H groups in total. The van der Waals surface area contributed by atoms with Crippen LogP contribution < -0.4 is 0 Å². The molecule has 1 atom stereocenters. The number of rotatable bonds is 4. The molecule has 8 heteroatoms. The summed E-state index contributed by atoms with van der Waals surface area (Å²) in [5.74, 6) is -10.0. The Bertz CT molecular complexity index is 226. The normalized spacial score (nSPS) is 18.4. The number of halogens is 7. The summed E-state index contributed by atoms with van der Waals surface area (Å²) in [6, 6.07) is 0. The van der Waals surface area contributed by atoms with Crippen LogP contribution in [0.5, 0.6) is 0 Å². The summed E-state index contributed by atoms with van der Waals surface area (Å²) in [5, 5.41) is 0. The zero-order valence-electron chi connectivity index (χ0n) is 8.76. The van der Waals surface area contributed by atoms with Gasteiger partial charge in [-0.2, -0.15) is 17.6 Å². The molecule has 0 rings (SSSR count). The van der Waals surface area contributed by atoms with Gasteiger partial charge in [0.2, 0.25) is 0 Å². The molecule has 1 unspecified atom stereocenters. The number of ether oxygens (including phenoxy) is 1. The van der Waals surface area contributed by atoms with Crippen molar-refractivity contribution >= 4 is 0 Å². The maximum Gasteiger partial charge on any atom is 0.454 e. The highest BCUT2D eigenvalue weighted by Crippen LogP contribution is 2.47. The van der Waals surface area contributed by atoms with Crippen LogP contribution in [0.3, 0.4) is 0 Å². The summed E-state index contributed by atoms with van der Waals surface area (Å²) >= 11 is 0. The largest absolute Gasteiger partial charge is 0.454 e. The molecule has 16 heavy (non-hydrogen) atoms. The lowest BCUT2D eigenvalue weighted by molar-refractivity contribution is -0.417. The molecule has 98 valence electrons. The molecule has 0 aliphatic heterocycles. The predicted octanol–water partition coefficient (Wildman–Crippen LogP) is 3.63. The van der Waals surface area contributed by atoms with E-state index in [2.05, 4.69) is 4.74 Å². The van der Waals surface area contributed by atoms with Crippen molar-refractivity contribution in [1.29, 1.82) is 0 Å². The molecule has 0 fully saturated rings. The lowest BCUT2D eigenvalue weighted by Gasteiger charge is -2.37. The Balaban J connectivity index is 5.30. The molecule has 0 spiro atoms. The SMILES string of the molecule is CC(C)(CF)OC(F)(C(C)(F)F)C(F)(F)F. The number of hydrogen-bond donors (Lipinski definition) is 0. The molecule has 1 nitrogen and oxygen atoms in total. The number of alkyl halides is 7. The van der Waals surface area contributed by atoms with Gasteiger partial charge in [-0.1, -0.05) is 0 Å². The summed E-state index contributed by atoms with van der Waals surface area (Å²) in [7, 11) is 0. The van der Waals surface area contributed by atoms with Crippen molar-refractivity contribution < 1.29 is 35.5 Å². The molecule has 0 amide bonds. The molecular weight excluding hydrogens is 245 g/mol. The van der Waals surface area contributed by atoms with Gasteiger partial charge in [0, 0.05) is 6.92 Å². The molecule has 0 radical (unpaired) electrons. The third-order valence-corrected chi connectivity index (χ3v) is 1.67. The smallest absolute Gasteiger partial charge is 0.325 e. The molecule has 0 aromatic rings. The van der Waals surface area contributed by atoms with Gasteiger partial charge < -0.3 is 4.74 Å². The van der Waals surface area contributed by atoms with Crippen LogP contribution in [0.4, 0.5) is 30.7 Å². The van der Waals surface area contributed by atoms with E-state index in [4.69, 9.17) is 0 Å². The van der Waals surface area contributed by atoms with E-state index in [1.807, 2.05) is 0 Å². The van der Waals surface area contributed by atoms with Crippen molar-refractivity contribution in [2.24, 2.45) is 0 Å². The molecule has 0 aliphatic carbocycles. The first-order valence-electron chi connectivity index (χ1n) is 4.16. The van der Waals surface area contributed by atoms with Gasteiger partial charge in [0.25, 0.3) is 0 Å². The van der Waals surface area contributed by atoms with Crippen LogP contribution in [0.2, 0.25) is 0 Å². The average molecular weight is 256 g/mol. The maximum atomic E-state index is 13.2. The van der Waals surface area contributed by atoms with E-state index in [-0.39, 0.29) is 6.92 Å². The van der Waals surface area contributed by atoms with E-state index in [9.17, 15) is 30.7 Å². The van der Waals surface area contributed by atoms with Gasteiger partial charge in [0.1, 0.15) is 6.67 Å². The quantitative estimate of drug-likeness (QED) is 0.698. The molecule has 0 aliphatic rings. The van der Waals surface area contributed by atoms with Crippen molar-refractivity contribution in [2.45, 2.75) is 44.3 Å². The van der Waals surface area contributed by atoms with Crippen molar-refractivity contribution in [3.05, 3.63) is 0 Å². The van der Waals surface area contributed by atoms with Crippen LogP contribution in [-0.2, 0) is 4.74 Å². The lowest BCUT2D eigenvalue weighted by Crippen LogP contribution is -2.59. The molecular formula is C8H11F7O. The van der Waals surface area contributed by atoms with Gasteiger partial charge in [0.05, 0.1) is 5.60 Å². The Hall–Kier alpha value is -0.530. The highest BCUT2D eigenvalue weighted by atomic mass is 19.4. The van der Waals surface area contributed by atoms with E-state index in [1.165, 1.54) is 0 Å². The van der Waals surface area contributed by atoms with Gasteiger partial charge in [0.15, 0.2) is 0 Å². The Morgan fingerprint density at radius 1 is 0.875 bits per heavy atom. The number of hydrogen-bond acceptors (Lipinski definition) is 1. The van der Waals surface area contributed by atoms with Gasteiger partial charge >= 0.3 is 18.0 Å². The zero-order chi connectivity index (χ0) is 13.4. The van der Waals surface area contributed by atoms with Gasteiger partial charge in [-0.05, 0) is 13.8 Å². The van der Waals surface area contributed by atoms with Gasteiger partial charge in [-0.25, -0.2) is 13.2 Å². The third kappa shape index (κ3) is 2.99. The van der Waals surface area contributed by atoms with E-state index in [0.29, 0.717) is 0 Å². The van der Waals surface area contributed by atoms with Crippen LogP contribution >= 0.6 is 0 Å². The Labute approximate surface area is 87.6 Å². The van der Waals surface area contributed by atoms with Crippen LogP contribution in [0.25, 0.3) is 0 Å². The predicted molar refractivity (Wildman–Crippen MR) is 41.7 cm³/mol. The monoisotopic (exact) mass is 256 g/mol. The summed E-state index contributed by atoms with van der Waals surface area (Å²) in [6.45, 7) is -0.350. The summed E-state index contributed by atoms with van der Waals surface area (Å²) < 4.78 is 90.7. The minimum Gasteiger partial charge on any atom is -0.325 e. The molecule has 0 aromatic heterocycles. The first-order valence-corrected chi connectivity index (χ1v) is 4.16. The maximum absolute atomic E-state index is 13.2. The second kappa shape index (κ2) is 4.05. The summed E-state index contributed by atoms with van der Waals surface area (Å²) in [6.07, 6.45) is -5.96. The first kappa shape index (κ1) is 15.5. The molecule has 0 aromatic carbocycles. The third-order valence-electron chi connectivity index (χ3n) is 1.67. The van der Waals surface area contributed by atoms with Crippen molar-refractivity contribution in [3.63, 3.8) is 0 Å². The molecule has 0 saturated carbocycles. The molecule has 0 bridgehead atoms. The van der Waals surface area contributed by atoms with E-state index < -0.39 is 30.2 Å². The second-order valence-corrected chi connectivity index (χ2v) is 3.98. The fourth-order valence-corrected chi connectivity index (χ4v) is 0.804. The van der Waals surface area contributed by atoms with Crippen molar-refractivity contribution in [3.8, 4) is 0 Å². The first-order chi connectivity index (χ1) is 6.77. The van der Waals surface area contributed by atoms with Crippen LogP contribution in [-0.4, -0.2) is 30.2 Å². The summed E-state index contributed by atoms with van der Waals surface area (Å²) in [4.78, 5) is 0. The highest BCUT2D eigenvalue weighted by Gasteiger charge is 2.72. The van der Waals surface area contributed by atoms with Gasteiger partial charge in [-0.15, -0.1) is 0 Å². The molecule has 0 saturated heterocycles. The van der Waals surface area contributed by atoms with Crippen LogP contribution in [0.1, 0.15) is 20.8 Å². The summed E-state index contributed by atoms with van der Waals surface area (Å²) in [5.41, 5.74) is -2.30. The van der Waals surface area contributed by atoms with Crippen molar-refractivity contribution in [2.75, 3.05) is 6.67 Å². The van der Waals surface area contributed by atoms with E-state index in [1.54, 1.807) is 0 Å². The minimum atomic E-state index is -5.96. The van der Waals surface area contributed by atoms with Crippen molar-refractivity contribution in [1.82, 2.24) is 0 Å². The Morgan fingerprint density at radius 2 is 1.25 bits per heavy atom. The fourth-order valence-electron chi connectivity index (χ4n) is 0.804. The average Bonchev–Trinajstić information content (AvgIpc) is 1.99. The zero-order valence-corrected chi connectivity index (χ0v) is 8.76. The fraction of sp³-hybridized carbons (Fsp3) is 1.00. The van der Waals surface area contributed by atoms with E-state index >= 15 is 0 Å². The Morgan fingerprint density at radius 3 is 1.44 bits per heavy atom. The van der Waals surface area contributed by atoms with Gasteiger partial charge in [-0.3, -0.25) is 0 Å². The standard InChI is InChI=1S/C8H11F7O/c1-5(2,4-9)16-7(12,6(3,10)11)8(13,14)15/h4H2,1-3H3. The Kier molecular flexibility index (Phi) is 3.91. The lowest BCUT2D eigenvalue weighted by atomic mass is 10.1. The molecule has 0 heterocycles. The van der Waals surface area contributed by atoms with Crippen LogP contribution in [0, 0.1) is 0 Å². The van der Waals surface area contributed by atoms with E-state index in [0.717, 1.165) is 13.8 Å². The van der Waals surface area contributed by atoms with Crippen LogP contribution in [0.15, 0.2) is 0 Å². The second-order valence-electron chi connectivity index (χ2n) is 3.98. The topological polar surface area (TPSA) is 9.23 Å².